The van der Waals surface area contributed by atoms with Crippen molar-refractivity contribution in [2.24, 2.45) is 10.7 Å². The predicted octanol–water partition coefficient (Wildman–Crippen LogP) is 1.87. The van der Waals surface area contributed by atoms with E-state index in [0.29, 0.717) is 30.1 Å². The largest absolute Gasteiger partial charge is 0.339 e. The van der Waals surface area contributed by atoms with Crippen molar-refractivity contribution in [3.05, 3.63) is 65.5 Å². The highest BCUT2D eigenvalue weighted by molar-refractivity contribution is 7.99. The SMILES string of the molecule is N[C@H]1N=C(c2ccccc2F)c2ccccc2N(CC(=O)N2CCSCC2)C1=O. The molecular weight excluding hydrogens is 391 g/mol. The van der Waals surface area contributed by atoms with Crippen LogP contribution in [0.1, 0.15) is 11.1 Å². The van der Waals surface area contributed by atoms with Crippen molar-refractivity contribution < 1.29 is 14.0 Å². The molecule has 0 bridgehead atoms. The van der Waals surface area contributed by atoms with E-state index in [1.54, 1.807) is 59.1 Å². The van der Waals surface area contributed by atoms with Crippen molar-refractivity contribution in [2.75, 3.05) is 36.0 Å². The molecule has 2 aromatic rings. The Balaban J connectivity index is 1.74. The minimum atomic E-state index is -1.22. The van der Waals surface area contributed by atoms with E-state index in [4.69, 9.17) is 5.73 Å². The zero-order valence-electron chi connectivity index (χ0n) is 15.8. The molecular formula is C21H21FN4O2S. The summed E-state index contributed by atoms with van der Waals surface area (Å²) in [6, 6.07) is 13.3. The minimum Gasteiger partial charge on any atom is -0.339 e. The molecule has 4 rings (SSSR count). The van der Waals surface area contributed by atoms with Gasteiger partial charge in [0.2, 0.25) is 5.91 Å². The fourth-order valence-corrected chi connectivity index (χ4v) is 4.43. The molecule has 0 radical (unpaired) electrons. The lowest BCUT2D eigenvalue weighted by atomic mass is 9.99. The number of benzene rings is 2. The molecule has 29 heavy (non-hydrogen) atoms. The van der Waals surface area contributed by atoms with Gasteiger partial charge in [-0.2, -0.15) is 11.8 Å². The summed E-state index contributed by atoms with van der Waals surface area (Å²) in [5.41, 5.74) is 7.70. The molecule has 2 heterocycles. The quantitative estimate of drug-likeness (QED) is 0.835. The number of thioether (sulfide) groups is 1. The molecule has 1 atom stereocenters. The number of carbonyl (C=O) groups is 2. The van der Waals surface area contributed by atoms with Crippen LogP contribution in [0.15, 0.2) is 53.5 Å². The second kappa shape index (κ2) is 8.34. The van der Waals surface area contributed by atoms with Gasteiger partial charge in [0.1, 0.15) is 12.4 Å². The van der Waals surface area contributed by atoms with Crippen molar-refractivity contribution in [3.8, 4) is 0 Å². The number of para-hydroxylation sites is 1. The van der Waals surface area contributed by atoms with E-state index in [0.717, 1.165) is 11.5 Å². The Morgan fingerprint density at radius 3 is 2.48 bits per heavy atom. The maximum Gasteiger partial charge on any atom is 0.266 e. The molecule has 0 aromatic heterocycles. The molecule has 2 aromatic carbocycles. The Kier molecular flexibility index (Phi) is 5.64. The summed E-state index contributed by atoms with van der Waals surface area (Å²) in [7, 11) is 0. The topological polar surface area (TPSA) is 79.0 Å². The summed E-state index contributed by atoms with van der Waals surface area (Å²) in [5.74, 6) is 0.710. The summed E-state index contributed by atoms with van der Waals surface area (Å²) in [5, 5.41) is 0. The molecule has 0 saturated carbocycles. The van der Waals surface area contributed by atoms with E-state index in [2.05, 4.69) is 4.99 Å². The molecule has 0 unspecified atom stereocenters. The molecule has 8 heteroatoms. The van der Waals surface area contributed by atoms with Gasteiger partial charge in [0.05, 0.1) is 11.4 Å². The number of benzodiazepines with no additional fused rings is 1. The highest BCUT2D eigenvalue weighted by atomic mass is 32.2. The zero-order chi connectivity index (χ0) is 20.4. The van der Waals surface area contributed by atoms with Crippen molar-refractivity contribution in [3.63, 3.8) is 0 Å². The first-order chi connectivity index (χ1) is 14.1. The number of carbonyl (C=O) groups excluding carboxylic acids is 2. The molecule has 0 aliphatic carbocycles. The van der Waals surface area contributed by atoms with Crippen LogP contribution in [0.3, 0.4) is 0 Å². The van der Waals surface area contributed by atoms with Crippen LogP contribution in [-0.4, -0.2) is 59.7 Å². The molecule has 2 aliphatic heterocycles. The fraction of sp³-hybridized carbons (Fsp3) is 0.286. The number of aliphatic imine (C=N–C) groups is 1. The number of nitrogens with zero attached hydrogens (tertiary/aromatic N) is 3. The number of fused-ring (bicyclic) bond motifs is 1. The van der Waals surface area contributed by atoms with Gasteiger partial charge in [-0.1, -0.05) is 30.3 Å². The maximum atomic E-state index is 14.5. The average Bonchev–Trinajstić information content (AvgIpc) is 2.85. The Hall–Kier alpha value is -2.71. The van der Waals surface area contributed by atoms with Gasteiger partial charge >= 0.3 is 0 Å². The van der Waals surface area contributed by atoms with E-state index in [1.807, 2.05) is 0 Å². The van der Waals surface area contributed by atoms with Crippen LogP contribution in [0.2, 0.25) is 0 Å². The first-order valence-corrected chi connectivity index (χ1v) is 10.6. The second-order valence-electron chi connectivity index (χ2n) is 6.84. The predicted molar refractivity (Wildman–Crippen MR) is 113 cm³/mol. The first kappa shape index (κ1) is 19.6. The summed E-state index contributed by atoms with van der Waals surface area (Å²) in [4.78, 5) is 33.3. The third-order valence-corrected chi connectivity index (χ3v) is 5.97. The number of hydrogen-bond donors (Lipinski definition) is 1. The molecule has 2 amide bonds. The molecule has 1 saturated heterocycles. The van der Waals surface area contributed by atoms with E-state index in [-0.39, 0.29) is 18.0 Å². The standard InChI is InChI=1S/C21H21FN4O2S/c22-16-7-3-1-5-14(16)19-15-6-2-4-8-17(15)26(21(28)20(23)24-19)13-18(27)25-9-11-29-12-10-25/h1-8,20H,9-13,23H2/t20-/m0/s1. The lowest BCUT2D eigenvalue weighted by Crippen LogP contribution is -2.49. The third-order valence-electron chi connectivity index (χ3n) is 5.02. The van der Waals surface area contributed by atoms with Gasteiger partial charge in [0.25, 0.3) is 5.91 Å². The van der Waals surface area contributed by atoms with Crippen molar-refractivity contribution in [2.45, 2.75) is 6.17 Å². The Morgan fingerprint density at radius 1 is 1.10 bits per heavy atom. The van der Waals surface area contributed by atoms with Crippen LogP contribution in [0, 0.1) is 5.82 Å². The monoisotopic (exact) mass is 412 g/mol. The summed E-state index contributed by atoms with van der Waals surface area (Å²) < 4.78 is 14.5. The lowest BCUT2D eigenvalue weighted by Gasteiger charge is -2.30. The summed E-state index contributed by atoms with van der Waals surface area (Å²) in [6.07, 6.45) is -1.22. The number of nitrogens with two attached hydrogens (primary N) is 1. The molecule has 2 aliphatic rings. The fourth-order valence-electron chi connectivity index (χ4n) is 3.53. The number of hydrogen-bond acceptors (Lipinski definition) is 5. The van der Waals surface area contributed by atoms with E-state index >= 15 is 0 Å². The summed E-state index contributed by atoms with van der Waals surface area (Å²) in [6.45, 7) is 1.21. The average molecular weight is 412 g/mol. The van der Waals surface area contributed by atoms with Gasteiger partial charge < -0.3 is 10.6 Å². The van der Waals surface area contributed by atoms with Crippen molar-refractivity contribution >= 4 is 35.0 Å². The van der Waals surface area contributed by atoms with Crippen LogP contribution in [0.25, 0.3) is 0 Å². The van der Waals surface area contributed by atoms with Gasteiger partial charge in [0, 0.05) is 35.7 Å². The number of halogens is 1. The highest BCUT2D eigenvalue weighted by Crippen LogP contribution is 2.28. The van der Waals surface area contributed by atoms with E-state index < -0.39 is 17.9 Å². The minimum absolute atomic E-state index is 0.117. The van der Waals surface area contributed by atoms with Crippen molar-refractivity contribution in [1.29, 1.82) is 0 Å². The van der Waals surface area contributed by atoms with Gasteiger partial charge in [-0.3, -0.25) is 19.5 Å². The molecule has 1 fully saturated rings. The van der Waals surface area contributed by atoms with Crippen LogP contribution in [0.5, 0.6) is 0 Å². The van der Waals surface area contributed by atoms with Crippen LogP contribution < -0.4 is 10.6 Å². The Bertz CT molecular complexity index is 975. The number of anilines is 1. The van der Waals surface area contributed by atoms with Gasteiger partial charge in [-0.25, -0.2) is 4.39 Å². The lowest BCUT2D eigenvalue weighted by molar-refractivity contribution is -0.131. The Morgan fingerprint density at radius 2 is 1.76 bits per heavy atom. The number of rotatable bonds is 3. The zero-order valence-corrected chi connectivity index (χ0v) is 16.6. The van der Waals surface area contributed by atoms with Crippen LogP contribution in [-0.2, 0) is 9.59 Å². The summed E-state index contributed by atoms with van der Waals surface area (Å²) >= 11 is 1.81. The highest BCUT2D eigenvalue weighted by Gasteiger charge is 2.33. The van der Waals surface area contributed by atoms with E-state index in [1.165, 1.54) is 11.0 Å². The van der Waals surface area contributed by atoms with Crippen molar-refractivity contribution in [1.82, 2.24) is 4.90 Å². The smallest absolute Gasteiger partial charge is 0.266 e. The first-order valence-electron chi connectivity index (χ1n) is 9.41. The van der Waals surface area contributed by atoms with Gasteiger partial charge in [-0.05, 0) is 18.2 Å². The molecule has 0 spiro atoms. The molecule has 150 valence electrons. The van der Waals surface area contributed by atoms with Crippen LogP contribution in [0.4, 0.5) is 10.1 Å². The van der Waals surface area contributed by atoms with Crippen LogP contribution >= 0.6 is 11.8 Å². The van der Waals surface area contributed by atoms with Gasteiger partial charge in [0.15, 0.2) is 6.17 Å². The normalized spacial score (nSPS) is 19.4. The third kappa shape index (κ3) is 3.90. The maximum absolute atomic E-state index is 14.5. The second-order valence-corrected chi connectivity index (χ2v) is 8.06. The van der Waals surface area contributed by atoms with Gasteiger partial charge in [-0.15, -0.1) is 0 Å². The van der Waals surface area contributed by atoms with E-state index in [9.17, 15) is 14.0 Å². The molecule has 6 nitrogen and oxygen atoms in total. The Labute approximate surface area is 172 Å². The number of amides is 2. The molecule has 2 N–H and O–H groups in total.